The van der Waals surface area contributed by atoms with Gasteiger partial charge in [0, 0.05) is 24.7 Å². The Kier molecular flexibility index (Phi) is 6.67. The summed E-state index contributed by atoms with van der Waals surface area (Å²) >= 11 is 0. The fourth-order valence-electron chi connectivity index (χ4n) is 4.13. The third kappa shape index (κ3) is 4.96. The number of carbonyl (C=O) groups is 1. The molecule has 0 saturated carbocycles. The quantitative estimate of drug-likeness (QED) is 0.650. The fraction of sp³-hybridized carbons (Fsp3) is 0.409. The maximum Gasteiger partial charge on any atom is 0.419 e. The highest BCUT2D eigenvalue weighted by Gasteiger charge is 2.36. The van der Waals surface area contributed by atoms with Crippen molar-refractivity contribution in [3.05, 3.63) is 58.4 Å². The first-order chi connectivity index (χ1) is 14.8. The number of piperidine rings is 1. The summed E-state index contributed by atoms with van der Waals surface area (Å²) in [6.45, 7) is 5.60. The molecule has 1 fully saturated rings. The van der Waals surface area contributed by atoms with Gasteiger partial charge in [0.2, 0.25) is 15.9 Å². The summed E-state index contributed by atoms with van der Waals surface area (Å²) in [5.74, 6) is -2.51. The van der Waals surface area contributed by atoms with Crippen molar-refractivity contribution < 1.29 is 30.8 Å². The monoisotopic (exact) mass is 472 g/mol. The van der Waals surface area contributed by atoms with Crippen LogP contribution >= 0.6 is 0 Å². The minimum Gasteiger partial charge on any atom is -0.326 e. The average Bonchev–Trinajstić information content (AvgIpc) is 2.67. The summed E-state index contributed by atoms with van der Waals surface area (Å²) in [6, 6.07) is 5.87. The molecule has 174 valence electrons. The van der Waals surface area contributed by atoms with Gasteiger partial charge in [-0.15, -0.1) is 0 Å². The van der Waals surface area contributed by atoms with E-state index in [4.69, 9.17) is 0 Å². The van der Waals surface area contributed by atoms with Crippen molar-refractivity contribution in [2.75, 3.05) is 18.4 Å². The summed E-state index contributed by atoms with van der Waals surface area (Å²) in [6.07, 6.45) is -4.43. The molecule has 1 heterocycles. The molecule has 10 heteroatoms. The molecule has 0 bridgehead atoms. The van der Waals surface area contributed by atoms with E-state index in [9.17, 15) is 30.8 Å². The molecule has 32 heavy (non-hydrogen) atoms. The van der Waals surface area contributed by atoms with E-state index in [1.54, 1.807) is 26.0 Å². The zero-order valence-electron chi connectivity index (χ0n) is 17.9. The number of anilines is 1. The second-order valence-electron chi connectivity index (χ2n) is 8.09. The van der Waals surface area contributed by atoms with Crippen LogP contribution in [0.25, 0.3) is 0 Å². The smallest absolute Gasteiger partial charge is 0.326 e. The van der Waals surface area contributed by atoms with E-state index in [2.05, 4.69) is 5.32 Å². The van der Waals surface area contributed by atoms with Crippen LogP contribution in [0.1, 0.15) is 35.1 Å². The first kappa shape index (κ1) is 24.2. The molecule has 1 aliphatic heterocycles. The molecule has 2 aromatic carbocycles. The fourth-order valence-corrected chi connectivity index (χ4v) is 6.01. The number of sulfonamides is 1. The molecule has 5 nitrogen and oxygen atoms in total. The van der Waals surface area contributed by atoms with Gasteiger partial charge >= 0.3 is 6.18 Å². The van der Waals surface area contributed by atoms with Crippen molar-refractivity contribution >= 4 is 21.6 Å². The van der Waals surface area contributed by atoms with Crippen molar-refractivity contribution in [1.29, 1.82) is 0 Å². The Bertz CT molecular complexity index is 1120. The van der Waals surface area contributed by atoms with Crippen LogP contribution in [0.2, 0.25) is 0 Å². The number of alkyl halides is 3. The Morgan fingerprint density at radius 2 is 1.59 bits per heavy atom. The van der Waals surface area contributed by atoms with Gasteiger partial charge in [-0.2, -0.15) is 17.5 Å². The van der Waals surface area contributed by atoms with Crippen LogP contribution < -0.4 is 5.32 Å². The topological polar surface area (TPSA) is 66.5 Å². The highest BCUT2D eigenvalue weighted by Crippen LogP contribution is 2.34. The van der Waals surface area contributed by atoms with Crippen LogP contribution in [0, 0.1) is 32.5 Å². The lowest BCUT2D eigenvalue weighted by atomic mass is 9.97. The number of benzene rings is 2. The van der Waals surface area contributed by atoms with E-state index in [0.29, 0.717) is 23.3 Å². The van der Waals surface area contributed by atoms with Gasteiger partial charge in [0.15, 0.2) is 0 Å². The lowest BCUT2D eigenvalue weighted by molar-refractivity contribution is -0.140. The Labute approximate surface area is 184 Å². The molecule has 3 rings (SSSR count). The molecule has 2 aromatic rings. The summed E-state index contributed by atoms with van der Waals surface area (Å²) in [5, 5.41) is 2.39. The standard InChI is InChI=1S/C22H24F4N2O3S/c1-13-10-14(2)20(15(3)11-13)32(30,31)28-8-6-16(7-9-28)21(29)27-17-4-5-19(23)18(12-17)22(24,25)26/h4-5,10-12,16H,6-9H2,1-3H3,(H,27,29). The zero-order valence-corrected chi connectivity index (χ0v) is 18.7. The molecule has 1 amide bonds. The van der Waals surface area contributed by atoms with E-state index in [1.807, 2.05) is 6.92 Å². The highest BCUT2D eigenvalue weighted by atomic mass is 32.2. The molecule has 0 atom stereocenters. The SMILES string of the molecule is Cc1cc(C)c(S(=O)(=O)N2CCC(C(=O)Nc3ccc(F)c(C(F)(F)F)c3)CC2)c(C)c1. The number of hydrogen-bond donors (Lipinski definition) is 1. The van der Waals surface area contributed by atoms with Gasteiger partial charge in [-0.05, 0) is 62.9 Å². The highest BCUT2D eigenvalue weighted by molar-refractivity contribution is 7.89. The number of halogens is 4. The third-order valence-corrected chi connectivity index (χ3v) is 7.77. The van der Waals surface area contributed by atoms with Gasteiger partial charge in [-0.1, -0.05) is 17.7 Å². The Hall–Kier alpha value is -2.46. The van der Waals surface area contributed by atoms with Crippen molar-refractivity contribution in [2.45, 2.75) is 44.7 Å². The number of carbonyl (C=O) groups excluding carboxylic acids is 1. The number of hydrogen-bond acceptors (Lipinski definition) is 3. The summed E-state index contributed by atoms with van der Waals surface area (Å²) in [5.41, 5.74) is 0.645. The minimum absolute atomic E-state index is 0.115. The van der Waals surface area contributed by atoms with E-state index < -0.39 is 39.4 Å². The second-order valence-corrected chi connectivity index (χ2v) is 9.96. The molecule has 0 aromatic heterocycles. The number of nitrogens with zero attached hydrogens (tertiary/aromatic N) is 1. The summed E-state index contributed by atoms with van der Waals surface area (Å²) < 4.78 is 79.7. The van der Waals surface area contributed by atoms with Gasteiger partial charge < -0.3 is 5.32 Å². The van der Waals surface area contributed by atoms with Crippen LogP contribution in [0.4, 0.5) is 23.2 Å². The van der Waals surface area contributed by atoms with Crippen LogP contribution in [-0.4, -0.2) is 31.7 Å². The second kappa shape index (κ2) is 8.82. The predicted molar refractivity (Wildman–Crippen MR) is 112 cm³/mol. The third-order valence-electron chi connectivity index (χ3n) is 5.57. The van der Waals surface area contributed by atoms with Gasteiger partial charge in [0.1, 0.15) is 5.82 Å². The molecule has 1 aliphatic rings. The van der Waals surface area contributed by atoms with Crippen LogP contribution in [0.15, 0.2) is 35.2 Å². The maximum atomic E-state index is 13.4. The number of aryl methyl sites for hydroxylation is 3. The molecule has 1 N–H and O–H groups in total. The van der Waals surface area contributed by atoms with Crippen molar-refractivity contribution in [3.8, 4) is 0 Å². The molecule has 0 aliphatic carbocycles. The van der Waals surface area contributed by atoms with Gasteiger partial charge in [0.25, 0.3) is 0 Å². The molecule has 1 saturated heterocycles. The van der Waals surface area contributed by atoms with Gasteiger partial charge in [0.05, 0.1) is 10.5 Å². The predicted octanol–water partition coefficient (Wildman–Crippen LogP) is 4.81. The summed E-state index contributed by atoms with van der Waals surface area (Å²) in [4.78, 5) is 12.8. The van der Waals surface area contributed by atoms with Gasteiger partial charge in [-0.25, -0.2) is 12.8 Å². The number of rotatable bonds is 4. The van der Waals surface area contributed by atoms with Crippen LogP contribution in [0.3, 0.4) is 0 Å². The van der Waals surface area contributed by atoms with Crippen LogP contribution in [-0.2, 0) is 21.0 Å². The van der Waals surface area contributed by atoms with Crippen LogP contribution in [0.5, 0.6) is 0 Å². The first-order valence-corrected chi connectivity index (χ1v) is 11.5. The molecule has 0 spiro atoms. The van der Waals surface area contributed by atoms with Crippen molar-refractivity contribution in [1.82, 2.24) is 4.31 Å². The minimum atomic E-state index is -4.88. The Morgan fingerprint density at radius 3 is 2.12 bits per heavy atom. The first-order valence-electron chi connectivity index (χ1n) is 10.1. The summed E-state index contributed by atoms with van der Waals surface area (Å²) in [7, 11) is -3.74. The van der Waals surface area contributed by atoms with Gasteiger partial charge in [-0.3, -0.25) is 4.79 Å². The maximum absolute atomic E-state index is 13.4. The van der Waals surface area contributed by atoms with E-state index in [1.165, 1.54) is 4.31 Å². The van der Waals surface area contributed by atoms with Crippen molar-refractivity contribution in [2.24, 2.45) is 5.92 Å². The van der Waals surface area contributed by atoms with E-state index in [0.717, 1.165) is 11.6 Å². The zero-order chi connectivity index (χ0) is 23.8. The lowest BCUT2D eigenvalue weighted by Crippen LogP contribution is -2.41. The lowest BCUT2D eigenvalue weighted by Gasteiger charge is -2.31. The molecular formula is C22H24F4N2O3S. The average molecular weight is 473 g/mol. The molecule has 0 radical (unpaired) electrons. The van der Waals surface area contributed by atoms with E-state index >= 15 is 0 Å². The van der Waals surface area contributed by atoms with Crippen molar-refractivity contribution in [3.63, 3.8) is 0 Å². The number of nitrogens with one attached hydrogen (secondary N) is 1. The van der Waals surface area contributed by atoms with E-state index in [-0.39, 0.29) is 36.5 Å². The molecule has 0 unspecified atom stereocenters. The Balaban J connectivity index is 1.69. The largest absolute Gasteiger partial charge is 0.419 e. The Morgan fingerprint density at radius 1 is 1.03 bits per heavy atom. The normalized spacial score (nSPS) is 16.2. The molecular weight excluding hydrogens is 448 g/mol. The number of amides is 1.